The molecule has 0 saturated carbocycles. The Morgan fingerprint density at radius 3 is 2.80 bits per heavy atom. The second-order valence-corrected chi connectivity index (χ2v) is 5.58. The van der Waals surface area contributed by atoms with Crippen LogP contribution in [0.1, 0.15) is 35.4 Å². The number of aromatic nitrogens is 1. The molecule has 0 amide bonds. The summed E-state index contributed by atoms with van der Waals surface area (Å²) in [6, 6.07) is 6.94. The molecule has 3 heteroatoms. The lowest BCUT2D eigenvalue weighted by molar-refractivity contribution is 0.623. The zero-order valence-corrected chi connectivity index (χ0v) is 11.3. The van der Waals surface area contributed by atoms with Crippen molar-refractivity contribution in [3.8, 4) is 0 Å². The zero-order chi connectivity index (χ0) is 13.5. The molecule has 0 fully saturated rings. The van der Waals surface area contributed by atoms with Crippen molar-refractivity contribution in [2.75, 3.05) is 4.90 Å². The van der Waals surface area contributed by atoms with Crippen LogP contribution in [0.4, 0.5) is 10.1 Å². The van der Waals surface area contributed by atoms with Crippen LogP contribution in [-0.4, -0.2) is 4.98 Å². The van der Waals surface area contributed by atoms with E-state index in [1.165, 1.54) is 47.8 Å². The van der Waals surface area contributed by atoms with Crippen molar-refractivity contribution in [3.63, 3.8) is 0 Å². The molecule has 2 aliphatic rings. The number of fused-ring (bicyclic) bond motifs is 3. The lowest BCUT2D eigenvalue weighted by Gasteiger charge is -2.24. The van der Waals surface area contributed by atoms with E-state index >= 15 is 0 Å². The highest BCUT2D eigenvalue weighted by atomic mass is 19.1. The quantitative estimate of drug-likeness (QED) is 0.827. The van der Waals surface area contributed by atoms with Gasteiger partial charge in [0.05, 0.1) is 12.2 Å². The molecule has 0 spiro atoms. The first-order valence-corrected chi connectivity index (χ1v) is 7.25. The van der Waals surface area contributed by atoms with Crippen LogP contribution >= 0.6 is 0 Å². The average Bonchev–Trinajstić information content (AvgIpc) is 2.85. The van der Waals surface area contributed by atoms with E-state index in [1.54, 1.807) is 6.07 Å². The van der Waals surface area contributed by atoms with Gasteiger partial charge in [0, 0.05) is 23.2 Å². The second-order valence-electron chi connectivity index (χ2n) is 5.58. The molecule has 1 aromatic carbocycles. The summed E-state index contributed by atoms with van der Waals surface area (Å²) in [7, 11) is 0. The number of rotatable bonds is 1. The van der Waals surface area contributed by atoms with Crippen molar-refractivity contribution in [1.82, 2.24) is 4.98 Å². The summed E-state index contributed by atoms with van der Waals surface area (Å²) in [5, 5.41) is 0. The maximum atomic E-state index is 13.9. The summed E-state index contributed by atoms with van der Waals surface area (Å²) in [5.74, 6) is -0.170. The Balaban J connectivity index is 1.71. The smallest absolute Gasteiger partial charge is 0.146 e. The topological polar surface area (TPSA) is 19.0 Å². The van der Waals surface area contributed by atoms with Crippen LogP contribution in [0.3, 0.4) is 0 Å². The number of halogens is 1. The summed E-state index contributed by atoms with van der Waals surface area (Å²) in [6.45, 7) is 0.722. The van der Waals surface area contributed by atoms with Crippen LogP contribution in [0.25, 0.3) is 6.08 Å². The van der Waals surface area contributed by atoms with Gasteiger partial charge in [0.25, 0.3) is 0 Å². The Bertz CT molecular complexity index is 684. The van der Waals surface area contributed by atoms with E-state index in [2.05, 4.69) is 11.1 Å². The molecule has 1 aliphatic heterocycles. The van der Waals surface area contributed by atoms with Gasteiger partial charge in [-0.3, -0.25) is 0 Å². The lowest BCUT2D eigenvalue weighted by Crippen LogP contribution is -2.20. The van der Waals surface area contributed by atoms with Crippen molar-refractivity contribution in [2.24, 2.45) is 0 Å². The number of aryl methyl sites for hydroxylation is 1. The summed E-state index contributed by atoms with van der Waals surface area (Å²) in [6.07, 6.45) is 9.01. The molecule has 2 aromatic rings. The van der Waals surface area contributed by atoms with Gasteiger partial charge in [-0.1, -0.05) is 12.1 Å². The molecule has 2 nitrogen and oxygen atoms in total. The SMILES string of the molecule is Fc1ccccc1N1C=Cc2c([nH]c3c2CCCC3)C1. The molecule has 0 unspecified atom stereocenters. The number of para-hydroxylation sites is 1. The Kier molecular flexibility index (Phi) is 2.66. The van der Waals surface area contributed by atoms with E-state index < -0.39 is 0 Å². The predicted molar refractivity (Wildman–Crippen MR) is 79.1 cm³/mol. The molecule has 0 bridgehead atoms. The minimum atomic E-state index is -0.170. The minimum absolute atomic E-state index is 0.170. The fourth-order valence-corrected chi connectivity index (χ4v) is 3.34. The van der Waals surface area contributed by atoms with Gasteiger partial charge in [-0.15, -0.1) is 0 Å². The predicted octanol–water partition coefficient (Wildman–Crippen LogP) is 4.02. The molecule has 4 rings (SSSR count). The van der Waals surface area contributed by atoms with Gasteiger partial charge in [-0.05, 0) is 49.5 Å². The van der Waals surface area contributed by atoms with Crippen molar-refractivity contribution in [2.45, 2.75) is 32.2 Å². The number of benzene rings is 1. The van der Waals surface area contributed by atoms with E-state index in [4.69, 9.17) is 0 Å². The molecule has 1 aliphatic carbocycles. The monoisotopic (exact) mass is 268 g/mol. The third kappa shape index (κ3) is 1.77. The number of H-pyrrole nitrogens is 1. The van der Waals surface area contributed by atoms with Crippen LogP contribution in [0.2, 0.25) is 0 Å². The third-order valence-electron chi connectivity index (χ3n) is 4.33. The number of nitrogens with zero attached hydrogens (tertiary/aromatic N) is 1. The minimum Gasteiger partial charge on any atom is -0.360 e. The highest BCUT2D eigenvalue weighted by molar-refractivity contribution is 5.67. The summed E-state index contributed by atoms with van der Waals surface area (Å²) < 4.78 is 13.9. The largest absolute Gasteiger partial charge is 0.360 e. The van der Waals surface area contributed by atoms with Gasteiger partial charge in [0.15, 0.2) is 0 Å². The van der Waals surface area contributed by atoms with Crippen LogP contribution < -0.4 is 4.90 Å². The normalized spacial score (nSPS) is 16.9. The highest BCUT2D eigenvalue weighted by Gasteiger charge is 2.23. The van der Waals surface area contributed by atoms with Gasteiger partial charge < -0.3 is 9.88 Å². The molecular formula is C17H17FN2. The molecule has 0 saturated heterocycles. The zero-order valence-electron chi connectivity index (χ0n) is 11.3. The van der Waals surface area contributed by atoms with E-state index in [9.17, 15) is 4.39 Å². The number of aromatic amines is 1. The average molecular weight is 268 g/mol. The van der Waals surface area contributed by atoms with Gasteiger partial charge >= 0.3 is 0 Å². The molecular weight excluding hydrogens is 251 g/mol. The second kappa shape index (κ2) is 4.51. The van der Waals surface area contributed by atoms with Crippen molar-refractivity contribution in [1.29, 1.82) is 0 Å². The Morgan fingerprint density at radius 1 is 1.05 bits per heavy atom. The molecule has 1 aromatic heterocycles. The maximum Gasteiger partial charge on any atom is 0.146 e. The van der Waals surface area contributed by atoms with E-state index in [1.807, 2.05) is 23.2 Å². The third-order valence-corrected chi connectivity index (χ3v) is 4.33. The van der Waals surface area contributed by atoms with Gasteiger partial charge in [0.2, 0.25) is 0 Å². The number of anilines is 1. The fraction of sp³-hybridized carbons (Fsp3) is 0.294. The summed E-state index contributed by atoms with van der Waals surface area (Å²) in [5.41, 5.74) is 6.08. The van der Waals surface area contributed by atoms with Crippen molar-refractivity contribution >= 4 is 11.8 Å². The molecule has 1 N–H and O–H groups in total. The fourth-order valence-electron chi connectivity index (χ4n) is 3.34. The van der Waals surface area contributed by atoms with Crippen LogP contribution in [0.15, 0.2) is 30.5 Å². The molecule has 20 heavy (non-hydrogen) atoms. The van der Waals surface area contributed by atoms with E-state index in [-0.39, 0.29) is 5.82 Å². The summed E-state index contributed by atoms with van der Waals surface area (Å²) >= 11 is 0. The summed E-state index contributed by atoms with van der Waals surface area (Å²) in [4.78, 5) is 5.53. The molecule has 0 radical (unpaired) electrons. The number of nitrogens with one attached hydrogen (secondary N) is 1. The Labute approximate surface area is 117 Å². The van der Waals surface area contributed by atoms with Gasteiger partial charge in [0.1, 0.15) is 5.82 Å². The standard InChI is InChI=1S/C17H17FN2/c18-14-6-2-4-8-17(14)20-10-9-13-12-5-1-3-7-15(12)19-16(13)11-20/h2,4,6,8-10,19H,1,3,5,7,11H2. The van der Waals surface area contributed by atoms with Crippen LogP contribution in [0, 0.1) is 5.82 Å². The molecule has 102 valence electrons. The number of hydrogen-bond acceptors (Lipinski definition) is 1. The number of hydrogen-bond donors (Lipinski definition) is 1. The van der Waals surface area contributed by atoms with E-state index in [0.717, 1.165) is 13.0 Å². The van der Waals surface area contributed by atoms with Crippen molar-refractivity contribution in [3.05, 3.63) is 58.8 Å². The Morgan fingerprint density at radius 2 is 1.90 bits per heavy atom. The van der Waals surface area contributed by atoms with Gasteiger partial charge in [-0.25, -0.2) is 4.39 Å². The molecule has 2 heterocycles. The van der Waals surface area contributed by atoms with Crippen LogP contribution in [0.5, 0.6) is 0 Å². The van der Waals surface area contributed by atoms with E-state index in [0.29, 0.717) is 5.69 Å². The first kappa shape index (κ1) is 11.8. The van der Waals surface area contributed by atoms with Crippen LogP contribution in [-0.2, 0) is 19.4 Å². The Hall–Kier alpha value is -2.03. The molecule has 0 atom stereocenters. The lowest BCUT2D eigenvalue weighted by atomic mass is 9.94. The van der Waals surface area contributed by atoms with Crippen molar-refractivity contribution < 1.29 is 4.39 Å². The van der Waals surface area contributed by atoms with Gasteiger partial charge in [-0.2, -0.15) is 0 Å². The maximum absolute atomic E-state index is 13.9. The first-order chi connectivity index (χ1) is 9.83. The first-order valence-electron chi connectivity index (χ1n) is 7.25. The highest BCUT2D eigenvalue weighted by Crippen LogP contribution is 2.33.